The third-order valence-corrected chi connectivity index (χ3v) is 10.1. The third-order valence-electron chi connectivity index (χ3n) is 7.68. The fraction of sp³-hybridized carbons (Fsp3) is 0.257. The second kappa shape index (κ2) is 15.4. The highest BCUT2D eigenvalue weighted by molar-refractivity contribution is 9.10. The summed E-state index contributed by atoms with van der Waals surface area (Å²) in [6, 6.07) is 26.7. The summed E-state index contributed by atoms with van der Waals surface area (Å²) in [6.45, 7) is 0.196. The number of carbonyl (C=O) groups is 1. The molecule has 2 atom stereocenters. The molecule has 5 rings (SSSR count). The lowest BCUT2D eigenvalue weighted by Gasteiger charge is -2.31. The van der Waals surface area contributed by atoms with Crippen LogP contribution in [0.3, 0.4) is 0 Å². The van der Waals surface area contributed by atoms with Crippen LogP contribution in [0.1, 0.15) is 35.6 Å². The number of hydrogen-bond acceptors (Lipinski definition) is 8. The van der Waals surface area contributed by atoms with Crippen molar-refractivity contribution < 1.29 is 45.7 Å². The minimum atomic E-state index is -4.85. The van der Waals surface area contributed by atoms with Crippen LogP contribution in [0.2, 0.25) is 0 Å². The smallest absolute Gasteiger partial charge is 0.494 e. The number of alkyl halides is 3. The van der Waals surface area contributed by atoms with E-state index in [1.165, 1.54) is 24.3 Å². The van der Waals surface area contributed by atoms with Crippen molar-refractivity contribution in [1.29, 1.82) is 0 Å². The standard InChI is InChI=1S/C35H32BrF3N2O7S/c36-30-10-5-4-9-29(30)31-34(19-22-49(44,45)28-7-2-1-3-8-28,33(43)40-23-24-11-15-27(16-12-24)48-35(37,38)39)41-32(47-31)25-13-17-26(18-14-25)46-21-6-20-42/h1-5,7-18,31,42H,6,19-23H2,(H,40,43)/t31-,34-/m1/s1. The van der Waals surface area contributed by atoms with Gasteiger partial charge in [-0.2, -0.15) is 0 Å². The van der Waals surface area contributed by atoms with E-state index in [0.717, 1.165) is 12.1 Å². The van der Waals surface area contributed by atoms with Crippen molar-refractivity contribution in [2.75, 3.05) is 19.0 Å². The molecule has 1 aliphatic rings. The van der Waals surface area contributed by atoms with Crippen LogP contribution in [0.15, 0.2) is 117 Å². The molecular weight excluding hydrogens is 729 g/mol. The molecule has 0 aliphatic carbocycles. The van der Waals surface area contributed by atoms with Crippen molar-refractivity contribution in [3.05, 3.63) is 124 Å². The van der Waals surface area contributed by atoms with E-state index >= 15 is 0 Å². The number of amides is 1. The quantitative estimate of drug-likeness (QED) is 0.140. The molecule has 0 aromatic heterocycles. The molecule has 0 radical (unpaired) electrons. The van der Waals surface area contributed by atoms with Crippen molar-refractivity contribution in [3.63, 3.8) is 0 Å². The van der Waals surface area contributed by atoms with Gasteiger partial charge in [-0.1, -0.05) is 64.5 Å². The van der Waals surface area contributed by atoms with E-state index < -0.39 is 45.3 Å². The minimum Gasteiger partial charge on any atom is -0.494 e. The van der Waals surface area contributed by atoms with E-state index in [2.05, 4.69) is 26.0 Å². The Morgan fingerprint density at radius 2 is 1.59 bits per heavy atom. The lowest BCUT2D eigenvalue weighted by Crippen LogP contribution is -2.49. The first-order chi connectivity index (χ1) is 23.4. The fourth-order valence-electron chi connectivity index (χ4n) is 5.22. The fourth-order valence-corrected chi connectivity index (χ4v) is 7.10. The first-order valence-electron chi connectivity index (χ1n) is 15.2. The molecule has 4 aromatic carbocycles. The van der Waals surface area contributed by atoms with E-state index in [1.807, 2.05) is 0 Å². The summed E-state index contributed by atoms with van der Waals surface area (Å²) in [5, 5.41) is 11.9. The predicted molar refractivity (Wildman–Crippen MR) is 179 cm³/mol. The van der Waals surface area contributed by atoms with Gasteiger partial charge in [0.25, 0.3) is 5.91 Å². The third kappa shape index (κ3) is 8.99. The highest BCUT2D eigenvalue weighted by Gasteiger charge is 2.54. The van der Waals surface area contributed by atoms with Gasteiger partial charge in [0.1, 0.15) is 11.5 Å². The monoisotopic (exact) mass is 760 g/mol. The molecule has 0 saturated heterocycles. The Kier molecular flexibility index (Phi) is 11.3. The Balaban J connectivity index is 1.52. The number of ether oxygens (including phenoxy) is 3. The zero-order valence-corrected chi connectivity index (χ0v) is 28.3. The van der Waals surface area contributed by atoms with Crippen LogP contribution in [-0.2, 0) is 25.9 Å². The van der Waals surface area contributed by atoms with Crippen LogP contribution in [0.25, 0.3) is 0 Å². The van der Waals surface area contributed by atoms with Crippen LogP contribution in [0.4, 0.5) is 13.2 Å². The zero-order valence-electron chi connectivity index (χ0n) is 25.9. The average Bonchev–Trinajstić information content (AvgIpc) is 3.48. The molecule has 1 aliphatic heterocycles. The van der Waals surface area contributed by atoms with Crippen molar-refractivity contribution in [2.24, 2.45) is 4.99 Å². The molecule has 0 saturated carbocycles. The molecule has 2 N–H and O–H groups in total. The Morgan fingerprint density at radius 3 is 2.24 bits per heavy atom. The maximum absolute atomic E-state index is 14.4. The second-order valence-corrected chi connectivity index (χ2v) is 14.0. The number of nitrogens with zero attached hydrogens (tertiary/aromatic N) is 1. The van der Waals surface area contributed by atoms with Crippen LogP contribution in [0.5, 0.6) is 11.5 Å². The van der Waals surface area contributed by atoms with Crippen molar-refractivity contribution in [1.82, 2.24) is 5.32 Å². The first kappa shape index (κ1) is 35.9. The molecule has 9 nitrogen and oxygen atoms in total. The van der Waals surface area contributed by atoms with Gasteiger partial charge >= 0.3 is 6.36 Å². The van der Waals surface area contributed by atoms with Crippen LogP contribution in [0, 0.1) is 0 Å². The van der Waals surface area contributed by atoms with Crippen LogP contribution in [-0.4, -0.2) is 56.2 Å². The predicted octanol–water partition coefficient (Wildman–Crippen LogP) is 6.55. The molecule has 0 bridgehead atoms. The number of hydrogen-bond donors (Lipinski definition) is 2. The number of benzene rings is 4. The number of sulfone groups is 1. The van der Waals surface area contributed by atoms with Gasteiger partial charge in [0, 0.05) is 41.6 Å². The van der Waals surface area contributed by atoms with E-state index in [0.29, 0.717) is 39.9 Å². The molecule has 1 amide bonds. The maximum Gasteiger partial charge on any atom is 0.573 e. The maximum atomic E-state index is 14.4. The number of carbonyl (C=O) groups excluding carboxylic acids is 1. The van der Waals surface area contributed by atoms with Gasteiger partial charge in [0.05, 0.1) is 17.3 Å². The molecular formula is C35H32BrF3N2O7S. The van der Waals surface area contributed by atoms with Gasteiger partial charge in [0.2, 0.25) is 5.90 Å². The topological polar surface area (TPSA) is 124 Å². The van der Waals surface area contributed by atoms with Crippen molar-refractivity contribution >= 4 is 37.6 Å². The Labute approximate surface area is 289 Å². The molecule has 14 heteroatoms. The van der Waals surface area contributed by atoms with Crippen LogP contribution < -0.4 is 14.8 Å². The first-order valence-corrected chi connectivity index (χ1v) is 17.6. The summed E-state index contributed by atoms with van der Waals surface area (Å²) in [5.74, 6) is -0.869. The summed E-state index contributed by atoms with van der Waals surface area (Å²) in [5.41, 5.74) is -0.276. The Bertz CT molecular complexity index is 1870. The summed E-state index contributed by atoms with van der Waals surface area (Å²) in [6.07, 6.45) is -5.74. The number of rotatable bonds is 14. The largest absolute Gasteiger partial charge is 0.573 e. The van der Waals surface area contributed by atoms with Gasteiger partial charge in [-0.3, -0.25) is 4.79 Å². The number of aliphatic hydroxyl groups excluding tert-OH is 1. The van der Waals surface area contributed by atoms with Crippen molar-refractivity contribution in [3.8, 4) is 11.5 Å². The summed E-state index contributed by atoms with van der Waals surface area (Å²) in [7, 11) is -3.88. The highest BCUT2D eigenvalue weighted by atomic mass is 79.9. The molecule has 0 unspecified atom stereocenters. The minimum absolute atomic E-state index is 0.0128. The number of aliphatic imine (C=N–C) groups is 1. The summed E-state index contributed by atoms with van der Waals surface area (Å²) >= 11 is 3.55. The second-order valence-electron chi connectivity index (χ2n) is 11.1. The van der Waals surface area contributed by atoms with E-state index in [1.54, 1.807) is 66.7 Å². The molecule has 258 valence electrons. The number of halogens is 4. The number of aliphatic hydroxyl groups is 1. The van der Waals surface area contributed by atoms with E-state index in [4.69, 9.17) is 19.6 Å². The van der Waals surface area contributed by atoms with E-state index in [-0.39, 0.29) is 30.4 Å². The molecule has 49 heavy (non-hydrogen) atoms. The van der Waals surface area contributed by atoms with Gasteiger partial charge in [-0.15, -0.1) is 13.2 Å². The van der Waals surface area contributed by atoms with Gasteiger partial charge in [-0.05, 0) is 60.2 Å². The Morgan fingerprint density at radius 1 is 0.939 bits per heavy atom. The normalized spacial score (nSPS) is 17.6. The SMILES string of the molecule is O=C(NCc1ccc(OC(F)(F)F)cc1)[C@]1(CCS(=O)(=O)c2ccccc2)N=C(c2ccc(OCCCO)cc2)O[C@@H]1c1ccccc1Br. The molecule has 0 spiro atoms. The average molecular weight is 762 g/mol. The van der Waals surface area contributed by atoms with E-state index in [9.17, 15) is 26.4 Å². The van der Waals surface area contributed by atoms with Crippen LogP contribution >= 0.6 is 15.9 Å². The highest BCUT2D eigenvalue weighted by Crippen LogP contribution is 2.45. The zero-order chi connectivity index (χ0) is 35.1. The van der Waals surface area contributed by atoms with Crippen molar-refractivity contribution in [2.45, 2.75) is 42.3 Å². The summed E-state index contributed by atoms with van der Waals surface area (Å²) < 4.78 is 81.6. The summed E-state index contributed by atoms with van der Waals surface area (Å²) in [4.78, 5) is 19.3. The van der Waals surface area contributed by atoms with Gasteiger partial charge in [-0.25, -0.2) is 13.4 Å². The lowest BCUT2D eigenvalue weighted by molar-refractivity contribution is -0.274. The molecule has 1 heterocycles. The molecule has 0 fully saturated rings. The molecule has 4 aromatic rings. The van der Waals surface area contributed by atoms with Gasteiger partial charge < -0.3 is 24.6 Å². The number of nitrogens with one attached hydrogen (secondary N) is 1. The Hall–Kier alpha value is -4.40. The lowest BCUT2D eigenvalue weighted by atomic mass is 9.85. The van der Waals surface area contributed by atoms with Gasteiger partial charge in [0.15, 0.2) is 21.5 Å².